The lowest BCUT2D eigenvalue weighted by Gasteiger charge is -2.08. The van der Waals surface area contributed by atoms with Gasteiger partial charge in [0.1, 0.15) is 5.82 Å². The fraction of sp³-hybridized carbons (Fsp3) is 0.250. The van der Waals surface area contributed by atoms with Gasteiger partial charge in [0.05, 0.1) is 18.0 Å². The van der Waals surface area contributed by atoms with Crippen LogP contribution in [0, 0.1) is 11.6 Å². The van der Waals surface area contributed by atoms with E-state index in [0.29, 0.717) is 6.07 Å². The van der Waals surface area contributed by atoms with E-state index in [1.807, 2.05) is 0 Å². The van der Waals surface area contributed by atoms with Crippen molar-refractivity contribution in [2.75, 3.05) is 24.2 Å². The molecule has 0 spiro atoms. The van der Waals surface area contributed by atoms with E-state index in [1.54, 1.807) is 0 Å². The van der Waals surface area contributed by atoms with Crippen LogP contribution in [0.3, 0.4) is 0 Å². The summed E-state index contributed by atoms with van der Waals surface area (Å²) >= 11 is 0. The zero-order chi connectivity index (χ0) is 9.84. The van der Waals surface area contributed by atoms with Crippen molar-refractivity contribution in [3.05, 3.63) is 23.8 Å². The number of hydrogen-bond acceptors (Lipinski definition) is 3. The first-order chi connectivity index (χ1) is 6.15. The van der Waals surface area contributed by atoms with E-state index < -0.39 is 11.6 Å². The van der Waals surface area contributed by atoms with Crippen molar-refractivity contribution in [2.24, 2.45) is 0 Å². The highest BCUT2D eigenvalue weighted by molar-refractivity contribution is 5.66. The summed E-state index contributed by atoms with van der Waals surface area (Å²) in [5.74, 6) is -1.51. The van der Waals surface area contributed by atoms with Gasteiger partial charge in [-0.05, 0) is 6.07 Å². The second-order valence-electron chi connectivity index (χ2n) is 2.50. The molecule has 0 radical (unpaired) electrons. The van der Waals surface area contributed by atoms with Crippen molar-refractivity contribution in [2.45, 2.75) is 0 Å². The van der Waals surface area contributed by atoms with E-state index >= 15 is 0 Å². The number of benzene rings is 1. The van der Waals surface area contributed by atoms with Gasteiger partial charge in [0.2, 0.25) is 0 Å². The molecule has 5 heteroatoms. The van der Waals surface area contributed by atoms with Gasteiger partial charge in [-0.1, -0.05) is 0 Å². The number of nitrogen functional groups attached to an aromatic ring is 1. The average Bonchev–Trinajstić information content (AvgIpc) is 2.09. The molecule has 3 nitrogen and oxygen atoms in total. The van der Waals surface area contributed by atoms with Crippen LogP contribution in [0.25, 0.3) is 0 Å². The Bertz CT molecular complexity index is 304. The van der Waals surface area contributed by atoms with Crippen LogP contribution in [0.1, 0.15) is 0 Å². The lowest BCUT2D eigenvalue weighted by Crippen LogP contribution is -2.08. The molecule has 0 unspecified atom stereocenters. The number of nitrogens with two attached hydrogens (primary N) is 1. The first-order valence-corrected chi connectivity index (χ1v) is 3.74. The summed E-state index contributed by atoms with van der Waals surface area (Å²) in [4.78, 5) is 0. The molecule has 4 N–H and O–H groups in total. The third kappa shape index (κ3) is 2.29. The number of aliphatic hydroxyl groups excluding tert-OH is 1. The van der Waals surface area contributed by atoms with E-state index in [4.69, 9.17) is 10.8 Å². The molecule has 0 saturated carbocycles. The van der Waals surface area contributed by atoms with Crippen molar-refractivity contribution in [3.63, 3.8) is 0 Å². The van der Waals surface area contributed by atoms with Crippen molar-refractivity contribution < 1.29 is 13.9 Å². The van der Waals surface area contributed by atoms with Crippen LogP contribution >= 0.6 is 0 Å². The van der Waals surface area contributed by atoms with Gasteiger partial charge < -0.3 is 16.2 Å². The summed E-state index contributed by atoms with van der Waals surface area (Å²) in [5.41, 5.74) is 5.32. The second kappa shape index (κ2) is 4.04. The van der Waals surface area contributed by atoms with Gasteiger partial charge in [0.15, 0.2) is 5.82 Å². The van der Waals surface area contributed by atoms with E-state index in [2.05, 4.69) is 5.32 Å². The van der Waals surface area contributed by atoms with E-state index in [1.165, 1.54) is 0 Å². The number of halogens is 2. The molecule has 0 amide bonds. The molecule has 0 atom stereocenters. The Morgan fingerprint density at radius 1 is 1.38 bits per heavy atom. The maximum Gasteiger partial charge on any atom is 0.151 e. The van der Waals surface area contributed by atoms with Gasteiger partial charge in [-0.15, -0.1) is 0 Å². The summed E-state index contributed by atoms with van der Waals surface area (Å²) in [6.07, 6.45) is 0. The molecular formula is C8H10F2N2O. The molecule has 0 aliphatic heterocycles. The Labute approximate surface area is 74.2 Å². The predicted octanol–water partition coefficient (Wildman–Crippen LogP) is 0.951. The van der Waals surface area contributed by atoms with Gasteiger partial charge >= 0.3 is 0 Å². The first kappa shape index (κ1) is 9.73. The summed E-state index contributed by atoms with van der Waals surface area (Å²) in [5, 5.41) is 11.1. The fourth-order valence-electron chi connectivity index (χ4n) is 0.922. The Morgan fingerprint density at radius 3 is 2.69 bits per heavy atom. The molecule has 0 bridgehead atoms. The topological polar surface area (TPSA) is 58.3 Å². The molecular weight excluding hydrogens is 178 g/mol. The third-order valence-electron chi connectivity index (χ3n) is 1.52. The molecule has 1 rings (SSSR count). The monoisotopic (exact) mass is 188 g/mol. The van der Waals surface area contributed by atoms with E-state index in [9.17, 15) is 8.78 Å². The minimum absolute atomic E-state index is 0.127. The smallest absolute Gasteiger partial charge is 0.151 e. The SMILES string of the molecule is Nc1c(F)cc(F)cc1NCCO. The van der Waals surface area contributed by atoms with Gasteiger partial charge in [-0.25, -0.2) is 8.78 Å². The largest absolute Gasteiger partial charge is 0.395 e. The maximum absolute atomic E-state index is 12.8. The minimum Gasteiger partial charge on any atom is -0.395 e. The summed E-state index contributed by atoms with van der Waals surface area (Å²) < 4.78 is 25.4. The predicted molar refractivity (Wildman–Crippen MR) is 46.3 cm³/mol. The van der Waals surface area contributed by atoms with Crippen LogP contribution < -0.4 is 11.1 Å². The highest BCUT2D eigenvalue weighted by atomic mass is 19.1. The molecule has 13 heavy (non-hydrogen) atoms. The number of aliphatic hydroxyl groups is 1. The highest BCUT2D eigenvalue weighted by Crippen LogP contribution is 2.22. The fourth-order valence-corrected chi connectivity index (χ4v) is 0.922. The van der Waals surface area contributed by atoms with Crippen molar-refractivity contribution in [1.29, 1.82) is 0 Å². The van der Waals surface area contributed by atoms with Gasteiger partial charge in [-0.2, -0.15) is 0 Å². The van der Waals surface area contributed by atoms with Gasteiger partial charge in [-0.3, -0.25) is 0 Å². The summed E-state index contributed by atoms with van der Waals surface area (Å²) in [6.45, 7) is 0.0741. The maximum atomic E-state index is 12.8. The number of rotatable bonds is 3. The molecule has 0 aromatic heterocycles. The molecule has 0 fully saturated rings. The van der Waals surface area contributed by atoms with Crippen LogP contribution in [0.4, 0.5) is 20.2 Å². The second-order valence-corrected chi connectivity index (χ2v) is 2.50. The zero-order valence-corrected chi connectivity index (χ0v) is 6.85. The minimum atomic E-state index is -0.805. The van der Waals surface area contributed by atoms with Crippen molar-refractivity contribution in [3.8, 4) is 0 Å². The molecule has 0 aliphatic rings. The molecule has 0 aliphatic carbocycles. The molecule has 1 aromatic carbocycles. The normalized spacial score (nSPS) is 10.1. The van der Waals surface area contributed by atoms with E-state index in [-0.39, 0.29) is 24.5 Å². The van der Waals surface area contributed by atoms with Crippen LogP contribution in [0.15, 0.2) is 12.1 Å². The first-order valence-electron chi connectivity index (χ1n) is 3.74. The zero-order valence-electron chi connectivity index (χ0n) is 6.85. The summed E-state index contributed by atoms with van der Waals surface area (Å²) in [6, 6.07) is 1.79. The average molecular weight is 188 g/mol. The van der Waals surface area contributed by atoms with Crippen molar-refractivity contribution in [1.82, 2.24) is 0 Å². The molecule has 72 valence electrons. The lowest BCUT2D eigenvalue weighted by atomic mass is 10.2. The standard InChI is InChI=1S/C8H10F2N2O/c9-5-3-6(10)8(11)7(4-5)12-1-2-13/h3-4,12-13H,1-2,11H2. The lowest BCUT2D eigenvalue weighted by molar-refractivity contribution is 0.311. The Balaban J connectivity index is 2.92. The number of anilines is 2. The van der Waals surface area contributed by atoms with Crippen LogP contribution in [-0.2, 0) is 0 Å². The summed E-state index contributed by atoms with van der Waals surface area (Å²) in [7, 11) is 0. The third-order valence-corrected chi connectivity index (χ3v) is 1.52. The number of nitrogens with one attached hydrogen (secondary N) is 1. The van der Waals surface area contributed by atoms with E-state index in [0.717, 1.165) is 6.07 Å². The van der Waals surface area contributed by atoms with Crippen LogP contribution in [0.5, 0.6) is 0 Å². The van der Waals surface area contributed by atoms with Gasteiger partial charge in [0.25, 0.3) is 0 Å². The van der Waals surface area contributed by atoms with Crippen LogP contribution in [-0.4, -0.2) is 18.3 Å². The molecule has 1 aromatic rings. The highest BCUT2D eigenvalue weighted by Gasteiger charge is 2.06. The Hall–Kier alpha value is -1.36. The van der Waals surface area contributed by atoms with Crippen molar-refractivity contribution >= 4 is 11.4 Å². The van der Waals surface area contributed by atoms with Crippen LogP contribution in [0.2, 0.25) is 0 Å². The number of hydrogen-bond donors (Lipinski definition) is 3. The van der Waals surface area contributed by atoms with Gasteiger partial charge in [0, 0.05) is 12.6 Å². The Morgan fingerprint density at radius 2 is 2.08 bits per heavy atom. The molecule has 0 heterocycles. The quantitative estimate of drug-likeness (QED) is 0.619. The Kier molecular flexibility index (Phi) is 3.02. The molecule has 0 saturated heterocycles.